The Hall–Kier alpha value is -0.160. The Morgan fingerprint density at radius 3 is 2.45 bits per heavy atom. The van der Waals surface area contributed by atoms with Gasteiger partial charge in [0.2, 0.25) is 0 Å². The largest absolute Gasteiger partial charge is 0.393 e. The van der Waals surface area contributed by atoms with E-state index < -0.39 is 0 Å². The molecule has 4 aliphatic carbocycles. The molecule has 0 bridgehead atoms. The molecule has 0 amide bonds. The summed E-state index contributed by atoms with van der Waals surface area (Å²) in [6, 6.07) is 0. The van der Waals surface area contributed by atoms with Crippen LogP contribution in [-0.4, -0.2) is 33.5 Å². The van der Waals surface area contributed by atoms with E-state index in [-0.39, 0.29) is 28.7 Å². The molecule has 4 saturated carbocycles. The summed E-state index contributed by atoms with van der Waals surface area (Å²) in [6.45, 7) is 7.02. The van der Waals surface area contributed by atoms with E-state index in [4.69, 9.17) is 11.5 Å². The van der Waals surface area contributed by atoms with Crippen molar-refractivity contribution in [1.29, 1.82) is 0 Å². The lowest BCUT2D eigenvalue weighted by atomic mass is 9.40. The van der Waals surface area contributed by atoms with Gasteiger partial charge in [0.15, 0.2) is 0 Å². The van der Waals surface area contributed by atoms with Crippen LogP contribution in [0.3, 0.4) is 0 Å². The van der Waals surface area contributed by atoms with Crippen LogP contribution in [0.25, 0.3) is 0 Å². The van der Waals surface area contributed by atoms with Crippen LogP contribution in [0.5, 0.6) is 0 Å². The molecule has 168 valence electrons. The van der Waals surface area contributed by atoms with Crippen molar-refractivity contribution in [2.24, 2.45) is 40.1 Å². The Balaban J connectivity index is 1.53. The van der Waals surface area contributed by atoms with Gasteiger partial charge in [-0.15, -0.1) is 0 Å². The lowest BCUT2D eigenvalue weighted by Crippen LogP contribution is -2.75. The molecule has 4 aliphatic rings. The molecule has 0 heterocycles. The van der Waals surface area contributed by atoms with Gasteiger partial charge in [-0.3, -0.25) is 0 Å². The second-order valence-electron chi connectivity index (χ2n) is 12.0. The minimum Gasteiger partial charge on any atom is -0.393 e. The first kappa shape index (κ1) is 22.0. The van der Waals surface area contributed by atoms with Crippen molar-refractivity contribution in [3.63, 3.8) is 0 Å². The first-order valence-electron chi connectivity index (χ1n) is 12.5. The molecule has 6 N–H and O–H groups in total. The van der Waals surface area contributed by atoms with Crippen LogP contribution < -0.4 is 11.5 Å². The summed E-state index contributed by atoms with van der Waals surface area (Å²) in [6.07, 6.45) is 13.5. The van der Waals surface area contributed by atoms with E-state index in [9.17, 15) is 10.2 Å². The first-order valence-corrected chi connectivity index (χ1v) is 12.5. The lowest BCUT2D eigenvalue weighted by Gasteiger charge is -2.68. The molecule has 0 aliphatic heterocycles. The number of aliphatic hydroxyl groups excluding tert-OH is 2. The number of aliphatic hydroxyl groups is 2. The van der Waals surface area contributed by atoms with Gasteiger partial charge in [0.1, 0.15) is 0 Å². The summed E-state index contributed by atoms with van der Waals surface area (Å²) in [5, 5.41) is 20.3. The van der Waals surface area contributed by atoms with Crippen molar-refractivity contribution in [3.05, 3.63) is 0 Å². The number of fused-ring (bicyclic) bond motifs is 5. The van der Waals surface area contributed by atoms with Gasteiger partial charge in [-0.25, -0.2) is 0 Å². The number of nitrogens with two attached hydrogens (primary N) is 2. The third-order valence-electron chi connectivity index (χ3n) is 10.9. The van der Waals surface area contributed by atoms with Gasteiger partial charge >= 0.3 is 0 Å². The van der Waals surface area contributed by atoms with E-state index in [1.807, 2.05) is 0 Å². The lowest BCUT2D eigenvalue weighted by molar-refractivity contribution is -0.150. The van der Waals surface area contributed by atoms with Gasteiger partial charge in [-0.2, -0.15) is 0 Å². The monoisotopic (exact) mass is 406 g/mol. The highest BCUT2D eigenvalue weighted by atomic mass is 16.3. The van der Waals surface area contributed by atoms with Crippen molar-refractivity contribution >= 4 is 0 Å². The molecular formula is C25H46N2O2. The van der Waals surface area contributed by atoms with Crippen LogP contribution in [-0.2, 0) is 0 Å². The standard InChI is InChI=1S/C25H46N2O2/c1-4-18(28)7-5-6-17-8-9-20-22(17,2)12-11-21-23(3)13-10-19(29)16-24(23,26)14-15-25(20,21)27/h17-21,28-29H,4-16,26-27H2,1-3H3/t17-,18-,19-,20?,21?,22+,23+,24-,25+/m0/s1. The Kier molecular flexibility index (Phi) is 5.67. The highest BCUT2D eigenvalue weighted by Gasteiger charge is 2.68. The van der Waals surface area contributed by atoms with E-state index in [1.165, 1.54) is 32.1 Å². The zero-order chi connectivity index (χ0) is 21.1. The van der Waals surface area contributed by atoms with Gasteiger partial charge in [0.25, 0.3) is 0 Å². The minimum atomic E-state index is -0.250. The molecule has 4 heteroatoms. The summed E-state index contributed by atoms with van der Waals surface area (Å²) in [5.41, 5.74) is 14.5. The molecular weight excluding hydrogens is 360 g/mol. The third kappa shape index (κ3) is 3.23. The van der Waals surface area contributed by atoms with Crippen LogP contribution in [0.1, 0.15) is 104 Å². The fourth-order valence-corrected chi connectivity index (χ4v) is 8.90. The molecule has 0 saturated heterocycles. The first-order chi connectivity index (χ1) is 13.6. The molecule has 9 atom stereocenters. The normalized spacial score (nSPS) is 53.1. The molecule has 0 aromatic carbocycles. The average Bonchev–Trinajstić information content (AvgIpc) is 3.01. The average molecular weight is 407 g/mol. The SMILES string of the molecule is CC[C@H](O)CCC[C@H]1CCC2[C@]3(N)CC[C@]4(N)C[C@@H](O)CC[C@]4(C)C3CC[C@@]21C. The van der Waals surface area contributed by atoms with E-state index >= 15 is 0 Å². The van der Waals surface area contributed by atoms with Crippen molar-refractivity contribution < 1.29 is 10.2 Å². The van der Waals surface area contributed by atoms with E-state index in [0.717, 1.165) is 57.3 Å². The fraction of sp³-hybridized carbons (Fsp3) is 1.00. The number of hydrogen-bond donors (Lipinski definition) is 4. The maximum Gasteiger partial charge on any atom is 0.0558 e. The van der Waals surface area contributed by atoms with Crippen molar-refractivity contribution in [2.45, 2.75) is 128 Å². The number of hydrogen-bond acceptors (Lipinski definition) is 4. The highest BCUT2D eigenvalue weighted by molar-refractivity contribution is 5.22. The second kappa shape index (κ2) is 7.46. The smallest absolute Gasteiger partial charge is 0.0558 e. The minimum absolute atomic E-state index is 0.0594. The van der Waals surface area contributed by atoms with Crippen LogP contribution in [0.15, 0.2) is 0 Å². The van der Waals surface area contributed by atoms with Crippen LogP contribution >= 0.6 is 0 Å². The van der Waals surface area contributed by atoms with Gasteiger partial charge in [-0.1, -0.05) is 27.2 Å². The Morgan fingerprint density at radius 2 is 1.72 bits per heavy atom. The van der Waals surface area contributed by atoms with E-state index in [2.05, 4.69) is 20.8 Å². The second-order valence-corrected chi connectivity index (χ2v) is 12.0. The van der Waals surface area contributed by atoms with Crippen LogP contribution in [0.2, 0.25) is 0 Å². The molecule has 4 rings (SSSR count). The van der Waals surface area contributed by atoms with E-state index in [1.54, 1.807) is 0 Å². The Labute approximate surface area is 178 Å². The summed E-state index contributed by atoms with van der Waals surface area (Å²) >= 11 is 0. The fourth-order valence-electron chi connectivity index (χ4n) is 8.90. The predicted octanol–water partition coefficient (Wildman–Crippen LogP) is 4.11. The molecule has 0 aromatic rings. The van der Waals surface area contributed by atoms with Gasteiger partial charge < -0.3 is 21.7 Å². The predicted molar refractivity (Wildman–Crippen MR) is 118 cm³/mol. The highest BCUT2D eigenvalue weighted by Crippen LogP contribution is 2.69. The van der Waals surface area contributed by atoms with Crippen molar-refractivity contribution in [3.8, 4) is 0 Å². The van der Waals surface area contributed by atoms with Crippen molar-refractivity contribution in [2.75, 3.05) is 0 Å². The topological polar surface area (TPSA) is 92.5 Å². The quantitative estimate of drug-likeness (QED) is 0.553. The molecule has 0 spiro atoms. The summed E-state index contributed by atoms with van der Waals surface area (Å²) in [5.74, 6) is 1.84. The Morgan fingerprint density at radius 1 is 0.966 bits per heavy atom. The number of rotatable bonds is 5. The molecule has 0 radical (unpaired) electrons. The maximum atomic E-state index is 10.3. The van der Waals surface area contributed by atoms with Crippen LogP contribution in [0, 0.1) is 28.6 Å². The molecule has 2 unspecified atom stereocenters. The Bertz CT molecular complexity index is 614. The zero-order valence-corrected chi connectivity index (χ0v) is 19.1. The maximum absolute atomic E-state index is 10.3. The van der Waals surface area contributed by atoms with Gasteiger partial charge in [-0.05, 0) is 106 Å². The molecule has 4 nitrogen and oxygen atoms in total. The van der Waals surface area contributed by atoms with Crippen LogP contribution in [0.4, 0.5) is 0 Å². The van der Waals surface area contributed by atoms with Crippen molar-refractivity contribution in [1.82, 2.24) is 0 Å². The van der Waals surface area contributed by atoms with E-state index in [0.29, 0.717) is 17.3 Å². The third-order valence-corrected chi connectivity index (χ3v) is 10.9. The van der Waals surface area contributed by atoms with Gasteiger partial charge in [0, 0.05) is 11.1 Å². The summed E-state index contributed by atoms with van der Waals surface area (Å²) < 4.78 is 0. The molecule has 0 aromatic heterocycles. The summed E-state index contributed by atoms with van der Waals surface area (Å²) in [7, 11) is 0. The van der Waals surface area contributed by atoms with Gasteiger partial charge in [0.05, 0.1) is 12.2 Å². The summed E-state index contributed by atoms with van der Waals surface area (Å²) in [4.78, 5) is 0. The molecule has 4 fully saturated rings. The zero-order valence-electron chi connectivity index (χ0n) is 19.1. The molecule has 29 heavy (non-hydrogen) atoms.